The number of nitrogens with zero attached hydrogens (tertiary/aromatic N) is 1. The van der Waals surface area contributed by atoms with Crippen LogP contribution in [0.15, 0.2) is 16.8 Å². The number of rotatable bonds is 6. The van der Waals surface area contributed by atoms with Gasteiger partial charge >= 0.3 is 5.97 Å². The molecule has 0 fully saturated rings. The molecule has 0 aromatic carbocycles. The van der Waals surface area contributed by atoms with Crippen molar-refractivity contribution in [1.29, 1.82) is 0 Å². The Balaban J connectivity index is 2.86. The number of carboxylic acids is 1. The summed E-state index contributed by atoms with van der Waals surface area (Å²) >= 11 is 1.48. The first-order valence-corrected chi connectivity index (χ1v) is 5.74. The number of likely N-dealkylation sites (N-methyl/N-ethyl adjacent to an activating group) is 1. The molecule has 1 atom stereocenters. The van der Waals surface area contributed by atoms with E-state index in [9.17, 15) is 4.79 Å². The van der Waals surface area contributed by atoms with Crippen LogP contribution in [0.3, 0.4) is 0 Å². The van der Waals surface area contributed by atoms with Gasteiger partial charge in [-0.1, -0.05) is 6.92 Å². The van der Waals surface area contributed by atoms with E-state index in [1.807, 2.05) is 23.8 Å². The van der Waals surface area contributed by atoms with Crippen LogP contribution in [-0.4, -0.2) is 40.8 Å². The minimum atomic E-state index is -0.872. The lowest BCUT2D eigenvalue weighted by Gasteiger charge is -2.26. The van der Waals surface area contributed by atoms with E-state index in [2.05, 4.69) is 0 Å². The highest BCUT2D eigenvalue weighted by atomic mass is 32.1. The molecule has 0 aliphatic heterocycles. The maximum atomic E-state index is 11.2. The fraction of sp³-hybridized carbons (Fsp3) is 0.500. The normalized spacial score (nSPS) is 13.0. The number of thiophene rings is 1. The smallest absolute Gasteiger partial charge is 0.325 e. The van der Waals surface area contributed by atoms with Gasteiger partial charge in [-0.25, -0.2) is 0 Å². The summed E-state index contributed by atoms with van der Waals surface area (Å²) in [6, 6.07) is 1.16. The van der Waals surface area contributed by atoms with Gasteiger partial charge in [-0.15, -0.1) is 0 Å². The molecular weight excluding hydrogens is 214 g/mol. The predicted octanol–water partition coefficient (Wildman–Crippen LogP) is 1.19. The molecule has 1 unspecified atom stereocenters. The molecular formula is C10H15NO3S. The average Bonchev–Trinajstić information content (AvgIpc) is 2.69. The number of carboxylic acid groups (broad SMARTS) is 1. The Kier molecular flexibility index (Phi) is 4.74. The number of aliphatic hydroxyl groups excluding tert-OH is 1. The van der Waals surface area contributed by atoms with Crippen molar-refractivity contribution in [2.45, 2.75) is 13.0 Å². The first-order chi connectivity index (χ1) is 7.20. The van der Waals surface area contributed by atoms with Crippen LogP contribution in [0, 0.1) is 0 Å². The molecule has 0 spiro atoms. The quantitative estimate of drug-likeness (QED) is 0.769. The Bertz CT molecular complexity index is 300. The Morgan fingerprint density at radius 1 is 1.67 bits per heavy atom. The lowest BCUT2D eigenvalue weighted by atomic mass is 10.1. The standard InChI is InChI=1S/C10H15NO3S/c1-2-11(4-5-12)9(10(13)14)8-3-6-15-7-8/h3,6-7,9,12H,2,4-5H2,1H3,(H,13,14). The second kappa shape index (κ2) is 5.85. The summed E-state index contributed by atoms with van der Waals surface area (Å²) in [4.78, 5) is 12.9. The Morgan fingerprint density at radius 2 is 2.40 bits per heavy atom. The van der Waals surface area contributed by atoms with Crippen molar-refractivity contribution in [3.8, 4) is 0 Å². The van der Waals surface area contributed by atoms with Crippen LogP contribution in [0.1, 0.15) is 18.5 Å². The highest BCUT2D eigenvalue weighted by molar-refractivity contribution is 7.08. The molecule has 15 heavy (non-hydrogen) atoms. The van der Waals surface area contributed by atoms with Crippen molar-refractivity contribution in [2.24, 2.45) is 0 Å². The first-order valence-electron chi connectivity index (χ1n) is 4.80. The lowest BCUT2D eigenvalue weighted by molar-refractivity contribution is -0.143. The summed E-state index contributed by atoms with van der Waals surface area (Å²) in [5.74, 6) is -0.872. The molecule has 4 nitrogen and oxygen atoms in total. The Hall–Kier alpha value is -0.910. The van der Waals surface area contributed by atoms with E-state index in [1.54, 1.807) is 4.90 Å². The fourth-order valence-corrected chi connectivity index (χ4v) is 2.22. The maximum Gasteiger partial charge on any atom is 0.325 e. The summed E-state index contributed by atoms with van der Waals surface area (Å²) < 4.78 is 0. The molecule has 2 N–H and O–H groups in total. The number of hydrogen-bond donors (Lipinski definition) is 2. The van der Waals surface area contributed by atoms with Gasteiger partial charge in [0.25, 0.3) is 0 Å². The highest BCUT2D eigenvalue weighted by Crippen LogP contribution is 2.22. The zero-order chi connectivity index (χ0) is 11.3. The molecule has 0 saturated heterocycles. The van der Waals surface area contributed by atoms with Crippen molar-refractivity contribution >= 4 is 17.3 Å². The van der Waals surface area contributed by atoms with Crippen LogP contribution < -0.4 is 0 Å². The maximum absolute atomic E-state index is 11.2. The largest absolute Gasteiger partial charge is 0.480 e. The third-order valence-electron chi connectivity index (χ3n) is 2.25. The van der Waals surface area contributed by atoms with Gasteiger partial charge in [0.2, 0.25) is 0 Å². The first kappa shape index (κ1) is 12.2. The summed E-state index contributed by atoms with van der Waals surface area (Å²) in [5.41, 5.74) is 0.780. The summed E-state index contributed by atoms with van der Waals surface area (Å²) in [6.45, 7) is 2.84. The van der Waals surface area contributed by atoms with Crippen molar-refractivity contribution in [3.05, 3.63) is 22.4 Å². The average molecular weight is 229 g/mol. The monoisotopic (exact) mass is 229 g/mol. The number of hydrogen-bond acceptors (Lipinski definition) is 4. The van der Waals surface area contributed by atoms with Crippen LogP contribution in [0.4, 0.5) is 0 Å². The molecule has 5 heteroatoms. The third-order valence-corrected chi connectivity index (χ3v) is 2.95. The molecule has 0 amide bonds. The topological polar surface area (TPSA) is 60.8 Å². The SMILES string of the molecule is CCN(CCO)C(C(=O)O)c1ccsc1. The van der Waals surface area contributed by atoms with Gasteiger partial charge in [0.05, 0.1) is 6.61 Å². The van der Waals surface area contributed by atoms with Crippen LogP contribution in [0.5, 0.6) is 0 Å². The van der Waals surface area contributed by atoms with Gasteiger partial charge in [0.1, 0.15) is 6.04 Å². The van der Waals surface area contributed by atoms with Crippen LogP contribution in [0.25, 0.3) is 0 Å². The molecule has 1 rings (SSSR count). The second-order valence-electron chi connectivity index (χ2n) is 3.15. The number of aliphatic carboxylic acids is 1. The lowest BCUT2D eigenvalue weighted by Crippen LogP contribution is -2.35. The summed E-state index contributed by atoms with van der Waals surface area (Å²) in [7, 11) is 0. The Morgan fingerprint density at radius 3 is 2.80 bits per heavy atom. The van der Waals surface area contributed by atoms with E-state index in [0.717, 1.165) is 5.56 Å². The van der Waals surface area contributed by atoms with E-state index in [4.69, 9.17) is 10.2 Å². The van der Waals surface area contributed by atoms with E-state index in [0.29, 0.717) is 13.1 Å². The predicted molar refractivity (Wildman–Crippen MR) is 59.0 cm³/mol. The van der Waals surface area contributed by atoms with Gasteiger partial charge < -0.3 is 10.2 Å². The highest BCUT2D eigenvalue weighted by Gasteiger charge is 2.26. The molecule has 0 saturated carbocycles. The number of carbonyl (C=O) groups is 1. The van der Waals surface area contributed by atoms with Crippen LogP contribution in [-0.2, 0) is 4.79 Å². The molecule has 1 heterocycles. The molecule has 0 aliphatic carbocycles. The zero-order valence-electron chi connectivity index (χ0n) is 8.59. The molecule has 0 radical (unpaired) electrons. The minimum Gasteiger partial charge on any atom is -0.480 e. The zero-order valence-corrected chi connectivity index (χ0v) is 9.41. The van der Waals surface area contributed by atoms with E-state index < -0.39 is 12.0 Å². The van der Waals surface area contributed by atoms with Crippen LogP contribution in [0.2, 0.25) is 0 Å². The van der Waals surface area contributed by atoms with Gasteiger partial charge in [-0.2, -0.15) is 11.3 Å². The number of aliphatic hydroxyl groups is 1. The molecule has 0 bridgehead atoms. The molecule has 84 valence electrons. The summed E-state index contributed by atoms with van der Waals surface area (Å²) in [6.07, 6.45) is 0. The minimum absolute atomic E-state index is 0.0260. The Labute approximate surface area is 92.8 Å². The van der Waals surface area contributed by atoms with Crippen molar-refractivity contribution in [2.75, 3.05) is 19.7 Å². The third kappa shape index (κ3) is 3.02. The van der Waals surface area contributed by atoms with Crippen molar-refractivity contribution in [1.82, 2.24) is 4.90 Å². The van der Waals surface area contributed by atoms with Gasteiger partial charge in [0, 0.05) is 6.54 Å². The van der Waals surface area contributed by atoms with Gasteiger partial charge in [-0.3, -0.25) is 9.69 Å². The summed E-state index contributed by atoms with van der Waals surface area (Å²) in [5, 5.41) is 21.7. The van der Waals surface area contributed by atoms with Gasteiger partial charge in [-0.05, 0) is 28.9 Å². The second-order valence-corrected chi connectivity index (χ2v) is 3.93. The van der Waals surface area contributed by atoms with Gasteiger partial charge in [0.15, 0.2) is 0 Å². The van der Waals surface area contributed by atoms with E-state index >= 15 is 0 Å². The fourth-order valence-electron chi connectivity index (χ4n) is 1.54. The van der Waals surface area contributed by atoms with Crippen molar-refractivity contribution in [3.63, 3.8) is 0 Å². The van der Waals surface area contributed by atoms with E-state index in [1.165, 1.54) is 11.3 Å². The van der Waals surface area contributed by atoms with E-state index in [-0.39, 0.29) is 6.61 Å². The van der Waals surface area contributed by atoms with Crippen molar-refractivity contribution < 1.29 is 15.0 Å². The van der Waals surface area contributed by atoms with Crippen LogP contribution >= 0.6 is 11.3 Å². The molecule has 0 aliphatic rings. The molecule has 1 aromatic rings. The molecule has 1 aromatic heterocycles.